The fourth-order valence-electron chi connectivity index (χ4n) is 1.77. The molecule has 3 N–H and O–H groups in total. The summed E-state index contributed by atoms with van der Waals surface area (Å²) in [5, 5.41) is 0.570. The van der Waals surface area contributed by atoms with E-state index >= 15 is 0 Å². The smallest absolute Gasteiger partial charge is 0.323 e. The molecule has 17 heavy (non-hydrogen) atoms. The predicted molar refractivity (Wildman–Crippen MR) is 59.3 cm³/mol. The van der Waals surface area contributed by atoms with E-state index in [0.717, 1.165) is 0 Å². The van der Waals surface area contributed by atoms with E-state index in [4.69, 9.17) is 5.84 Å². The summed E-state index contributed by atoms with van der Waals surface area (Å²) < 4.78 is 38.3. The van der Waals surface area contributed by atoms with Gasteiger partial charge in [0.1, 0.15) is 5.69 Å². The minimum Gasteiger partial charge on any atom is -0.323 e. The second-order valence-electron chi connectivity index (χ2n) is 3.62. The fraction of sp³-hybridized carbons (Fsp3) is 0.182. The molecular formula is C11H10F3N3. The molecule has 0 fully saturated rings. The van der Waals surface area contributed by atoms with E-state index in [1.54, 1.807) is 18.2 Å². The lowest BCUT2D eigenvalue weighted by molar-refractivity contribution is -0.141. The van der Waals surface area contributed by atoms with Gasteiger partial charge in [-0.15, -0.1) is 0 Å². The first-order chi connectivity index (χ1) is 7.95. The number of nitrogens with two attached hydrogens (primary N) is 1. The van der Waals surface area contributed by atoms with Crippen molar-refractivity contribution in [2.75, 3.05) is 5.43 Å². The van der Waals surface area contributed by atoms with Gasteiger partial charge >= 0.3 is 6.18 Å². The Bertz CT molecular complexity index is 564. The Labute approximate surface area is 95.4 Å². The van der Waals surface area contributed by atoms with Crippen LogP contribution >= 0.6 is 0 Å². The Morgan fingerprint density at radius 1 is 1.24 bits per heavy atom. The van der Waals surface area contributed by atoms with Gasteiger partial charge in [-0.2, -0.15) is 13.2 Å². The van der Waals surface area contributed by atoms with Crippen LogP contribution < -0.4 is 11.3 Å². The van der Waals surface area contributed by atoms with Crippen molar-refractivity contribution in [1.82, 2.24) is 4.98 Å². The van der Waals surface area contributed by atoms with Gasteiger partial charge in [-0.05, 0) is 13.0 Å². The molecule has 0 amide bonds. The lowest BCUT2D eigenvalue weighted by Crippen LogP contribution is -2.16. The van der Waals surface area contributed by atoms with Crippen LogP contribution in [0.1, 0.15) is 11.3 Å². The van der Waals surface area contributed by atoms with Crippen molar-refractivity contribution in [2.45, 2.75) is 13.1 Å². The standard InChI is InChI=1S/C11H10F3N3/c1-6-9(17-15)7-4-2-3-5-8(7)16-10(6)11(12,13)14/h2-5H,15H2,1H3,(H,16,17). The number of anilines is 1. The van der Waals surface area contributed by atoms with Crippen LogP contribution in [0.2, 0.25) is 0 Å². The highest BCUT2D eigenvalue weighted by Crippen LogP contribution is 2.36. The molecule has 0 spiro atoms. The van der Waals surface area contributed by atoms with Crippen LogP contribution in [0.5, 0.6) is 0 Å². The van der Waals surface area contributed by atoms with Crippen LogP contribution in [0.25, 0.3) is 10.9 Å². The third-order valence-electron chi connectivity index (χ3n) is 2.55. The van der Waals surface area contributed by atoms with E-state index < -0.39 is 11.9 Å². The molecule has 0 bridgehead atoms. The highest BCUT2D eigenvalue weighted by molar-refractivity contribution is 5.93. The zero-order valence-corrected chi connectivity index (χ0v) is 8.97. The SMILES string of the molecule is Cc1c(C(F)(F)F)nc2ccccc2c1NN. The maximum Gasteiger partial charge on any atom is 0.433 e. The number of aromatic nitrogens is 1. The van der Waals surface area contributed by atoms with Crippen molar-refractivity contribution in [2.24, 2.45) is 5.84 Å². The molecule has 1 aromatic heterocycles. The molecule has 0 atom stereocenters. The fourth-order valence-corrected chi connectivity index (χ4v) is 1.77. The number of hydrogen-bond donors (Lipinski definition) is 2. The van der Waals surface area contributed by atoms with Crippen LogP contribution in [0, 0.1) is 6.92 Å². The van der Waals surface area contributed by atoms with Crippen molar-refractivity contribution in [3.63, 3.8) is 0 Å². The van der Waals surface area contributed by atoms with Gasteiger partial charge in [0.2, 0.25) is 0 Å². The number of pyridine rings is 1. The highest BCUT2D eigenvalue weighted by atomic mass is 19.4. The van der Waals surface area contributed by atoms with Gasteiger partial charge in [-0.1, -0.05) is 18.2 Å². The molecule has 6 heteroatoms. The number of fused-ring (bicyclic) bond motifs is 1. The molecule has 0 saturated carbocycles. The lowest BCUT2D eigenvalue weighted by Gasteiger charge is -2.15. The third-order valence-corrected chi connectivity index (χ3v) is 2.55. The average molecular weight is 241 g/mol. The van der Waals surface area contributed by atoms with Crippen molar-refractivity contribution >= 4 is 16.6 Å². The summed E-state index contributed by atoms with van der Waals surface area (Å²) in [6, 6.07) is 6.54. The minimum atomic E-state index is -4.49. The summed E-state index contributed by atoms with van der Waals surface area (Å²) in [7, 11) is 0. The maximum atomic E-state index is 12.8. The summed E-state index contributed by atoms with van der Waals surface area (Å²) >= 11 is 0. The van der Waals surface area contributed by atoms with E-state index in [9.17, 15) is 13.2 Å². The largest absolute Gasteiger partial charge is 0.433 e. The number of benzene rings is 1. The number of alkyl halides is 3. The lowest BCUT2D eigenvalue weighted by atomic mass is 10.1. The number of para-hydroxylation sites is 1. The molecule has 0 saturated heterocycles. The number of nitrogens with one attached hydrogen (secondary N) is 1. The molecule has 0 radical (unpaired) electrons. The van der Waals surface area contributed by atoms with Gasteiger partial charge in [0.25, 0.3) is 0 Å². The molecule has 1 aromatic carbocycles. The van der Waals surface area contributed by atoms with E-state index in [1.165, 1.54) is 13.0 Å². The number of halogens is 3. The van der Waals surface area contributed by atoms with Crippen LogP contribution in [0.3, 0.4) is 0 Å². The molecule has 0 aliphatic rings. The monoisotopic (exact) mass is 241 g/mol. The normalized spacial score (nSPS) is 11.8. The molecule has 2 aromatic rings. The number of rotatable bonds is 1. The van der Waals surface area contributed by atoms with Gasteiger partial charge in [0, 0.05) is 10.9 Å². The molecule has 0 unspecified atom stereocenters. The molecule has 1 heterocycles. The summed E-state index contributed by atoms with van der Waals surface area (Å²) in [5.74, 6) is 5.28. The Kier molecular flexibility index (Phi) is 2.66. The second-order valence-corrected chi connectivity index (χ2v) is 3.62. The number of nitrogens with zero attached hydrogens (tertiary/aromatic N) is 1. The quantitative estimate of drug-likeness (QED) is 0.596. The number of hydrazine groups is 1. The van der Waals surface area contributed by atoms with Crippen LogP contribution in [-0.2, 0) is 6.18 Å². The van der Waals surface area contributed by atoms with Crippen molar-refractivity contribution in [3.8, 4) is 0 Å². The summed E-state index contributed by atoms with van der Waals surface area (Å²) in [4.78, 5) is 3.63. The van der Waals surface area contributed by atoms with Gasteiger partial charge in [-0.25, -0.2) is 4.98 Å². The van der Waals surface area contributed by atoms with Gasteiger partial charge in [0.05, 0.1) is 11.2 Å². The molecule has 0 aliphatic heterocycles. The predicted octanol–water partition coefficient (Wildman–Crippen LogP) is 2.85. The van der Waals surface area contributed by atoms with Crippen molar-refractivity contribution < 1.29 is 13.2 Å². The number of hydrogen-bond acceptors (Lipinski definition) is 3. The summed E-state index contributed by atoms with van der Waals surface area (Å²) in [6.45, 7) is 1.34. The van der Waals surface area contributed by atoms with Crippen LogP contribution in [0.4, 0.5) is 18.9 Å². The topological polar surface area (TPSA) is 50.9 Å². The first-order valence-corrected chi connectivity index (χ1v) is 4.88. The Balaban J connectivity index is 2.85. The minimum absolute atomic E-state index is 0.00120. The molecule has 90 valence electrons. The summed E-state index contributed by atoms with van der Waals surface area (Å²) in [5.41, 5.74) is 1.91. The zero-order chi connectivity index (χ0) is 12.6. The molecule has 0 aliphatic carbocycles. The van der Waals surface area contributed by atoms with E-state index in [-0.39, 0.29) is 16.8 Å². The second kappa shape index (κ2) is 3.89. The van der Waals surface area contributed by atoms with E-state index in [0.29, 0.717) is 5.39 Å². The first-order valence-electron chi connectivity index (χ1n) is 4.88. The average Bonchev–Trinajstić information content (AvgIpc) is 2.27. The molecule has 3 nitrogen and oxygen atoms in total. The summed E-state index contributed by atoms with van der Waals surface area (Å²) in [6.07, 6.45) is -4.49. The molecular weight excluding hydrogens is 231 g/mol. The van der Waals surface area contributed by atoms with E-state index in [2.05, 4.69) is 10.4 Å². The van der Waals surface area contributed by atoms with Gasteiger partial charge in [-0.3, -0.25) is 5.84 Å². The maximum absolute atomic E-state index is 12.8. The van der Waals surface area contributed by atoms with Crippen LogP contribution in [-0.4, -0.2) is 4.98 Å². The third kappa shape index (κ3) is 1.91. The Morgan fingerprint density at radius 2 is 1.88 bits per heavy atom. The van der Waals surface area contributed by atoms with E-state index in [1.807, 2.05) is 0 Å². The van der Waals surface area contributed by atoms with Crippen molar-refractivity contribution in [1.29, 1.82) is 0 Å². The highest BCUT2D eigenvalue weighted by Gasteiger charge is 2.35. The van der Waals surface area contributed by atoms with Gasteiger partial charge < -0.3 is 5.43 Å². The molecule has 2 rings (SSSR count). The zero-order valence-electron chi connectivity index (χ0n) is 8.97. The Hall–Kier alpha value is -1.82. The Morgan fingerprint density at radius 3 is 2.47 bits per heavy atom. The van der Waals surface area contributed by atoms with Crippen LogP contribution in [0.15, 0.2) is 24.3 Å². The van der Waals surface area contributed by atoms with Crippen molar-refractivity contribution in [3.05, 3.63) is 35.5 Å². The number of nitrogen functional groups attached to an aromatic ring is 1. The first kappa shape index (κ1) is 11.7. The van der Waals surface area contributed by atoms with Gasteiger partial charge in [0.15, 0.2) is 0 Å².